The van der Waals surface area contributed by atoms with Crippen molar-refractivity contribution >= 4 is 25.7 Å². The van der Waals surface area contributed by atoms with E-state index in [0.29, 0.717) is 4.35 Å². The number of rotatable bonds is 2. The Hall–Kier alpha value is -1.02. The average Bonchev–Trinajstić information content (AvgIpc) is 2.04. The van der Waals surface area contributed by atoms with E-state index in [4.69, 9.17) is 0 Å². The van der Waals surface area contributed by atoms with Gasteiger partial charge in [-0.25, -0.2) is 0 Å². The topological polar surface area (TPSA) is 60.2 Å². The molecule has 0 amide bonds. The summed E-state index contributed by atoms with van der Waals surface area (Å²) in [5.74, 6) is 0. The molecule has 0 bridgehead atoms. The van der Waals surface area contributed by atoms with Gasteiger partial charge < -0.3 is 0 Å². The van der Waals surface area contributed by atoms with E-state index in [-0.39, 0.29) is 5.69 Å². The van der Waals surface area contributed by atoms with Crippen molar-refractivity contribution in [2.75, 3.05) is 0 Å². The molecule has 0 N–H and O–H groups in total. The molecule has 0 spiro atoms. The second kappa shape index (κ2) is 3.59. The van der Waals surface area contributed by atoms with Gasteiger partial charge in [0.1, 0.15) is 0 Å². The van der Waals surface area contributed by atoms with Gasteiger partial charge in [0.05, 0.1) is 0 Å². The minimum atomic E-state index is -1.32. The molecule has 4 nitrogen and oxygen atoms in total. The van der Waals surface area contributed by atoms with E-state index in [9.17, 15) is 13.9 Å². The van der Waals surface area contributed by atoms with Crippen molar-refractivity contribution < 1.29 is 8.66 Å². The molecule has 0 saturated carbocycles. The Kier molecular flexibility index (Phi) is 2.71. The summed E-state index contributed by atoms with van der Waals surface area (Å²) >= 11 is -1.32. The Bertz CT molecular complexity index is 337. The molecule has 1 aromatic carbocycles. The average molecular weight is 227 g/mol. The maximum absolute atomic E-state index is 10.6. The summed E-state index contributed by atoms with van der Waals surface area (Å²) < 4.78 is 10.9. The number of hydrogen-bond donors (Lipinski definition) is 0. The quantitative estimate of drug-likeness (QED) is 0.421. The zero-order valence-corrected chi connectivity index (χ0v) is 8.23. The number of hydrogen-bond acceptors (Lipinski definition) is 3. The Balaban J connectivity index is 3.30. The number of benzene rings is 1. The van der Waals surface area contributed by atoms with Crippen LogP contribution in [0.3, 0.4) is 0 Å². The van der Waals surface area contributed by atoms with Crippen LogP contribution in [0.4, 0.5) is 5.69 Å². The molecule has 0 heterocycles. The molecule has 0 aliphatic carbocycles. The molecular formula is C7H6AsNO3. The fourth-order valence-corrected chi connectivity index (χ4v) is 1.64. The molecular weight excluding hydrogens is 221 g/mol. The van der Waals surface area contributed by atoms with Crippen LogP contribution >= 0.6 is 0 Å². The van der Waals surface area contributed by atoms with Gasteiger partial charge in [-0.2, -0.15) is 0 Å². The number of nitro benzene ring substituents is 1. The zero-order chi connectivity index (χ0) is 9.14. The van der Waals surface area contributed by atoms with Gasteiger partial charge in [-0.3, -0.25) is 0 Å². The van der Waals surface area contributed by atoms with E-state index in [0.717, 1.165) is 5.56 Å². The molecule has 0 saturated heterocycles. The van der Waals surface area contributed by atoms with Crippen molar-refractivity contribution in [3.8, 4) is 0 Å². The molecule has 0 aliphatic rings. The normalized spacial score (nSPS) is 10.1. The molecule has 12 heavy (non-hydrogen) atoms. The molecule has 0 radical (unpaired) electrons. The van der Waals surface area contributed by atoms with Crippen LogP contribution in [0.2, 0.25) is 0 Å². The second-order valence-electron chi connectivity index (χ2n) is 2.34. The van der Waals surface area contributed by atoms with E-state index >= 15 is 0 Å². The van der Waals surface area contributed by atoms with Gasteiger partial charge in [0, 0.05) is 0 Å². The summed E-state index contributed by atoms with van der Waals surface area (Å²) in [6.07, 6.45) is 0. The monoisotopic (exact) mass is 227 g/mol. The van der Waals surface area contributed by atoms with Gasteiger partial charge >= 0.3 is 75.2 Å². The predicted octanol–water partition coefficient (Wildman–Crippen LogP) is 0.578. The minimum absolute atomic E-state index is 0.0370. The Labute approximate surface area is 75.7 Å². The Morgan fingerprint density at radius 1 is 1.50 bits per heavy atom. The first-order chi connectivity index (χ1) is 5.65. The Morgan fingerprint density at radius 2 is 2.17 bits per heavy atom. The van der Waals surface area contributed by atoms with E-state index in [1.165, 1.54) is 6.07 Å². The summed E-state index contributed by atoms with van der Waals surface area (Å²) in [6.45, 7) is 1.76. The van der Waals surface area contributed by atoms with Crippen molar-refractivity contribution in [2.24, 2.45) is 0 Å². The summed E-state index contributed by atoms with van der Waals surface area (Å²) in [6, 6.07) is 4.69. The van der Waals surface area contributed by atoms with Crippen LogP contribution in [-0.2, 0) is 3.74 Å². The molecule has 0 unspecified atom stereocenters. The van der Waals surface area contributed by atoms with E-state index in [1.54, 1.807) is 19.1 Å². The predicted molar refractivity (Wildman–Crippen MR) is 43.9 cm³/mol. The van der Waals surface area contributed by atoms with Crippen LogP contribution in [0.25, 0.3) is 0 Å². The van der Waals surface area contributed by atoms with Crippen molar-refractivity contribution in [3.63, 3.8) is 0 Å². The van der Waals surface area contributed by atoms with Gasteiger partial charge in [-0.05, 0) is 0 Å². The molecule has 0 fully saturated rings. The Morgan fingerprint density at radius 3 is 2.67 bits per heavy atom. The molecule has 62 valence electrons. The van der Waals surface area contributed by atoms with Crippen molar-refractivity contribution in [2.45, 2.75) is 6.92 Å². The van der Waals surface area contributed by atoms with Crippen LogP contribution in [0.5, 0.6) is 0 Å². The molecule has 0 atom stereocenters. The summed E-state index contributed by atoms with van der Waals surface area (Å²) in [4.78, 5) is 9.91. The number of aryl methyl sites for hydroxylation is 1. The van der Waals surface area contributed by atoms with E-state index in [2.05, 4.69) is 0 Å². The van der Waals surface area contributed by atoms with Crippen molar-refractivity contribution in [3.05, 3.63) is 33.9 Å². The second-order valence-corrected chi connectivity index (χ2v) is 3.73. The van der Waals surface area contributed by atoms with Crippen LogP contribution in [0, 0.1) is 17.0 Å². The maximum atomic E-state index is 10.6. The van der Waals surface area contributed by atoms with Crippen molar-refractivity contribution in [1.29, 1.82) is 0 Å². The van der Waals surface area contributed by atoms with Crippen LogP contribution in [0.1, 0.15) is 5.56 Å². The van der Waals surface area contributed by atoms with E-state index in [1.807, 2.05) is 0 Å². The number of nitro groups is 1. The molecule has 5 heteroatoms. The SMILES string of the molecule is Cc1ccc([As]=O)c([N+](=O)[O-])c1. The number of nitrogens with zero attached hydrogens (tertiary/aromatic N) is 1. The first-order valence-corrected chi connectivity index (χ1v) is 4.94. The van der Waals surface area contributed by atoms with Crippen molar-refractivity contribution in [1.82, 2.24) is 0 Å². The first-order valence-electron chi connectivity index (χ1n) is 3.23. The van der Waals surface area contributed by atoms with E-state index < -0.39 is 20.6 Å². The third-order valence-electron chi connectivity index (χ3n) is 1.43. The van der Waals surface area contributed by atoms with Crippen LogP contribution in [-0.4, -0.2) is 20.6 Å². The fourth-order valence-electron chi connectivity index (χ4n) is 0.857. The first kappa shape index (κ1) is 9.07. The van der Waals surface area contributed by atoms with Gasteiger partial charge in [-0.1, -0.05) is 0 Å². The summed E-state index contributed by atoms with van der Waals surface area (Å²) in [5, 5.41) is 10.4. The standard InChI is InChI=1S/C7H6AsNO3/c1-5-2-3-6(8-10)7(4-5)9(11)12/h2-4H,1H3. The van der Waals surface area contributed by atoms with Gasteiger partial charge in [0.25, 0.3) is 0 Å². The van der Waals surface area contributed by atoms with Gasteiger partial charge in [0.2, 0.25) is 0 Å². The molecule has 1 rings (SSSR count). The molecule has 1 aromatic rings. The van der Waals surface area contributed by atoms with Gasteiger partial charge in [-0.15, -0.1) is 0 Å². The van der Waals surface area contributed by atoms with Gasteiger partial charge in [0.15, 0.2) is 0 Å². The van der Waals surface area contributed by atoms with Crippen LogP contribution in [0.15, 0.2) is 18.2 Å². The fraction of sp³-hybridized carbons (Fsp3) is 0.143. The zero-order valence-electron chi connectivity index (χ0n) is 6.35. The summed E-state index contributed by atoms with van der Waals surface area (Å²) in [5.41, 5.74) is 0.769. The molecule has 0 aliphatic heterocycles. The third kappa shape index (κ3) is 1.77. The summed E-state index contributed by atoms with van der Waals surface area (Å²) in [7, 11) is 0. The third-order valence-corrected chi connectivity index (χ3v) is 2.63. The van der Waals surface area contributed by atoms with Crippen LogP contribution < -0.4 is 4.35 Å². The molecule has 0 aromatic heterocycles.